The predicted molar refractivity (Wildman–Crippen MR) is 93.4 cm³/mol. The zero-order valence-electron chi connectivity index (χ0n) is 12.1. The van der Waals surface area contributed by atoms with Crippen LogP contribution < -0.4 is 5.32 Å². The molecule has 5 heteroatoms. The van der Waals surface area contributed by atoms with E-state index < -0.39 is 0 Å². The van der Waals surface area contributed by atoms with Gasteiger partial charge >= 0.3 is 0 Å². The molecule has 1 heterocycles. The van der Waals surface area contributed by atoms with Crippen molar-refractivity contribution < 1.29 is 0 Å². The van der Waals surface area contributed by atoms with Crippen LogP contribution in [0.3, 0.4) is 0 Å². The van der Waals surface area contributed by atoms with E-state index in [4.69, 9.17) is 16.6 Å². The summed E-state index contributed by atoms with van der Waals surface area (Å²) in [7, 11) is 0. The fourth-order valence-corrected chi connectivity index (χ4v) is 4.00. The molecule has 1 aliphatic carbocycles. The highest BCUT2D eigenvalue weighted by atomic mass is 79.9. The number of nitrogens with one attached hydrogen (secondary N) is 1. The molecule has 0 bridgehead atoms. The Bertz CT molecular complexity index is 652. The van der Waals surface area contributed by atoms with Crippen molar-refractivity contribution in [1.82, 2.24) is 10.3 Å². The van der Waals surface area contributed by atoms with E-state index in [2.05, 4.69) is 47.2 Å². The molecule has 0 saturated heterocycles. The van der Waals surface area contributed by atoms with Gasteiger partial charge in [-0.2, -0.15) is 0 Å². The van der Waals surface area contributed by atoms with Crippen molar-refractivity contribution in [2.24, 2.45) is 0 Å². The van der Waals surface area contributed by atoms with E-state index in [-0.39, 0.29) is 6.04 Å². The third-order valence-corrected chi connectivity index (χ3v) is 6.04. The summed E-state index contributed by atoms with van der Waals surface area (Å²) in [5.41, 5.74) is 2.43. The molecule has 3 rings (SSSR count). The normalized spacial score (nSPS) is 16.2. The van der Waals surface area contributed by atoms with Crippen molar-refractivity contribution in [3.8, 4) is 0 Å². The molecule has 1 unspecified atom stereocenters. The summed E-state index contributed by atoms with van der Waals surface area (Å²) >= 11 is 11.4. The highest BCUT2D eigenvalue weighted by molar-refractivity contribution is 9.10. The highest BCUT2D eigenvalue weighted by Gasteiger charge is 2.28. The lowest BCUT2D eigenvalue weighted by atomic mass is 10.1. The zero-order chi connectivity index (χ0) is 15.0. The average molecular weight is 386 g/mol. The Kier molecular flexibility index (Phi) is 4.69. The van der Waals surface area contributed by atoms with Crippen LogP contribution in [-0.4, -0.2) is 11.0 Å². The summed E-state index contributed by atoms with van der Waals surface area (Å²) in [6.45, 7) is 4.32. The third-order valence-electron chi connectivity index (χ3n) is 3.75. The van der Waals surface area contributed by atoms with Crippen molar-refractivity contribution in [2.75, 3.05) is 0 Å². The van der Waals surface area contributed by atoms with Crippen LogP contribution in [0.15, 0.2) is 22.7 Å². The fourth-order valence-electron chi connectivity index (χ4n) is 2.39. The minimum atomic E-state index is 0.162. The lowest BCUT2D eigenvalue weighted by molar-refractivity contribution is 0.596. The smallest absolute Gasteiger partial charge is 0.115 e. The van der Waals surface area contributed by atoms with Gasteiger partial charge in [0, 0.05) is 15.4 Å². The number of thiazole rings is 1. The molecule has 0 spiro atoms. The molecule has 2 aromatic rings. The number of hydrogen-bond acceptors (Lipinski definition) is 3. The summed E-state index contributed by atoms with van der Waals surface area (Å²) in [6.07, 6.45) is 3.51. The summed E-state index contributed by atoms with van der Waals surface area (Å²) < 4.78 is 0.938. The van der Waals surface area contributed by atoms with Gasteiger partial charge in [-0.15, -0.1) is 11.3 Å². The van der Waals surface area contributed by atoms with Crippen molar-refractivity contribution in [2.45, 2.75) is 45.2 Å². The molecule has 112 valence electrons. The minimum absolute atomic E-state index is 0.162. The Labute approximate surface area is 143 Å². The minimum Gasteiger partial charge on any atom is -0.301 e. The van der Waals surface area contributed by atoms with Crippen LogP contribution in [0, 0.1) is 6.92 Å². The fraction of sp³-hybridized carbons (Fsp3) is 0.438. The van der Waals surface area contributed by atoms with Gasteiger partial charge in [-0.1, -0.05) is 24.6 Å². The molecule has 1 atom stereocenters. The van der Waals surface area contributed by atoms with Crippen LogP contribution in [0.2, 0.25) is 5.02 Å². The third kappa shape index (κ3) is 3.50. The number of rotatable bonds is 5. The topological polar surface area (TPSA) is 24.9 Å². The van der Waals surface area contributed by atoms with E-state index in [0.29, 0.717) is 6.04 Å². The second kappa shape index (κ2) is 6.37. The number of hydrogen-bond donors (Lipinski definition) is 1. The summed E-state index contributed by atoms with van der Waals surface area (Å²) in [4.78, 5) is 6.17. The van der Waals surface area contributed by atoms with Crippen LogP contribution in [0.1, 0.15) is 46.9 Å². The predicted octanol–water partition coefficient (Wildman–Crippen LogP) is 5.27. The number of aryl methyl sites for hydroxylation is 2. The van der Waals surface area contributed by atoms with E-state index in [9.17, 15) is 0 Å². The van der Waals surface area contributed by atoms with Crippen LogP contribution in [0.5, 0.6) is 0 Å². The Morgan fingerprint density at radius 2 is 2.24 bits per heavy atom. The molecule has 2 nitrogen and oxygen atoms in total. The van der Waals surface area contributed by atoms with Gasteiger partial charge in [-0.3, -0.25) is 0 Å². The number of aromatic nitrogens is 1. The van der Waals surface area contributed by atoms with Crippen LogP contribution in [0.25, 0.3) is 0 Å². The first kappa shape index (κ1) is 15.5. The molecular weight excluding hydrogens is 368 g/mol. The van der Waals surface area contributed by atoms with Gasteiger partial charge in [0.1, 0.15) is 5.01 Å². The van der Waals surface area contributed by atoms with E-state index >= 15 is 0 Å². The van der Waals surface area contributed by atoms with Crippen molar-refractivity contribution >= 4 is 38.9 Å². The van der Waals surface area contributed by atoms with Gasteiger partial charge in [-0.25, -0.2) is 4.98 Å². The quantitative estimate of drug-likeness (QED) is 0.758. The standard InChI is InChI=1S/C16H18BrClN2S/c1-3-14-9(2)21-16(20-14)15(19-11-5-6-11)10-4-7-13(18)12(17)8-10/h4,7-8,11,15,19H,3,5-6H2,1-2H3. The molecule has 0 aliphatic heterocycles. The Balaban J connectivity index is 1.97. The Hall–Kier alpha value is -0.420. The van der Waals surface area contributed by atoms with Gasteiger partial charge < -0.3 is 5.32 Å². The maximum absolute atomic E-state index is 6.12. The van der Waals surface area contributed by atoms with E-state index in [1.54, 1.807) is 11.3 Å². The van der Waals surface area contributed by atoms with Gasteiger partial charge in [0.05, 0.1) is 16.8 Å². The van der Waals surface area contributed by atoms with E-state index in [1.807, 2.05) is 6.07 Å². The van der Waals surface area contributed by atoms with E-state index in [1.165, 1.54) is 29.0 Å². The Morgan fingerprint density at radius 3 is 2.81 bits per heavy atom. The van der Waals surface area contributed by atoms with Crippen LogP contribution >= 0.6 is 38.9 Å². The molecule has 21 heavy (non-hydrogen) atoms. The molecule has 0 amide bonds. The molecule has 1 aliphatic rings. The first-order chi connectivity index (χ1) is 10.1. The summed E-state index contributed by atoms with van der Waals surface area (Å²) in [6, 6.07) is 6.93. The van der Waals surface area contributed by atoms with Crippen molar-refractivity contribution in [1.29, 1.82) is 0 Å². The maximum Gasteiger partial charge on any atom is 0.115 e. The zero-order valence-corrected chi connectivity index (χ0v) is 15.3. The second-order valence-electron chi connectivity index (χ2n) is 5.46. The van der Waals surface area contributed by atoms with Crippen LogP contribution in [-0.2, 0) is 6.42 Å². The molecule has 1 saturated carbocycles. The molecule has 1 aromatic heterocycles. The SMILES string of the molecule is CCc1nc(C(NC2CC2)c2ccc(Cl)c(Br)c2)sc1C. The van der Waals surface area contributed by atoms with Gasteiger partial charge in [0.15, 0.2) is 0 Å². The summed E-state index contributed by atoms with van der Waals surface area (Å²) in [5.74, 6) is 0. The van der Waals surface area contributed by atoms with Crippen molar-refractivity contribution in [3.63, 3.8) is 0 Å². The molecule has 1 aromatic carbocycles. The molecule has 1 fully saturated rings. The monoisotopic (exact) mass is 384 g/mol. The summed E-state index contributed by atoms with van der Waals surface area (Å²) in [5, 5.41) is 5.62. The largest absolute Gasteiger partial charge is 0.301 e. The van der Waals surface area contributed by atoms with Crippen molar-refractivity contribution in [3.05, 3.63) is 48.8 Å². The average Bonchev–Trinajstić information content (AvgIpc) is 3.21. The lowest BCUT2D eigenvalue weighted by Gasteiger charge is -2.17. The first-order valence-electron chi connectivity index (χ1n) is 7.25. The van der Waals surface area contributed by atoms with Gasteiger partial charge in [0.25, 0.3) is 0 Å². The van der Waals surface area contributed by atoms with Crippen LogP contribution in [0.4, 0.5) is 0 Å². The lowest BCUT2D eigenvalue weighted by Crippen LogP contribution is -2.24. The molecular formula is C16H18BrClN2S. The Morgan fingerprint density at radius 1 is 1.48 bits per heavy atom. The first-order valence-corrected chi connectivity index (χ1v) is 9.24. The van der Waals surface area contributed by atoms with Gasteiger partial charge in [0.2, 0.25) is 0 Å². The highest BCUT2D eigenvalue weighted by Crippen LogP contribution is 2.34. The molecule has 1 N–H and O–H groups in total. The maximum atomic E-state index is 6.12. The molecule has 0 radical (unpaired) electrons. The number of nitrogens with zero attached hydrogens (tertiary/aromatic N) is 1. The number of halogens is 2. The van der Waals surface area contributed by atoms with E-state index in [0.717, 1.165) is 20.9 Å². The van der Waals surface area contributed by atoms with Gasteiger partial charge in [-0.05, 0) is 59.8 Å². The second-order valence-corrected chi connectivity index (χ2v) is 7.95. The number of benzene rings is 1.